The maximum absolute atomic E-state index is 4.67. The molecular weight excluding hydrogens is 222 g/mol. The van der Waals surface area contributed by atoms with Gasteiger partial charge in [-0.25, -0.2) is 0 Å². The van der Waals surface area contributed by atoms with Gasteiger partial charge in [-0.1, -0.05) is 26.7 Å². The fourth-order valence-corrected chi connectivity index (χ4v) is 2.54. The van der Waals surface area contributed by atoms with Gasteiger partial charge in [0, 0.05) is 12.2 Å². The van der Waals surface area contributed by atoms with Crippen LogP contribution in [0.15, 0.2) is 0 Å². The van der Waals surface area contributed by atoms with Gasteiger partial charge in [0.1, 0.15) is 0 Å². The number of nitrogens with zero attached hydrogens (tertiary/aromatic N) is 2. The quantitative estimate of drug-likeness (QED) is 0.718. The van der Waals surface area contributed by atoms with Crippen molar-refractivity contribution in [1.29, 1.82) is 0 Å². The number of aryl methyl sites for hydroxylation is 1. The molecule has 1 N–H and O–H groups in total. The van der Waals surface area contributed by atoms with E-state index in [4.69, 9.17) is 0 Å². The summed E-state index contributed by atoms with van der Waals surface area (Å²) in [4.78, 5) is 0. The molecule has 0 aliphatic rings. The summed E-state index contributed by atoms with van der Waals surface area (Å²) in [7, 11) is 0. The Balaban J connectivity index is 2.49. The molecular formula is C15H29N3. The van der Waals surface area contributed by atoms with Crippen molar-refractivity contribution in [2.24, 2.45) is 0 Å². The smallest absolute Gasteiger partial charge is 0.0628 e. The Kier molecular flexibility index (Phi) is 6.41. The molecule has 0 saturated carbocycles. The van der Waals surface area contributed by atoms with E-state index in [9.17, 15) is 0 Å². The summed E-state index contributed by atoms with van der Waals surface area (Å²) >= 11 is 0. The van der Waals surface area contributed by atoms with Crippen molar-refractivity contribution in [3.8, 4) is 0 Å². The molecule has 1 aromatic heterocycles. The zero-order valence-corrected chi connectivity index (χ0v) is 12.7. The molecule has 0 aliphatic heterocycles. The SMILES string of the molecule is CCCCCNCC(C)n1nc(C)c(CC)c1C. The van der Waals surface area contributed by atoms with E-state index < -0.39 is 0 Å². The van der Waals surface area contributed by atoms with Crippen LogP contribution in [-0.4, -0.2) is 22.9 Å². The lowest BCUT2D eigenvalue weighted by Gasteiger charge is -2.15. The summed E-state index contributed by atoms with van der Waals surface area (Å²) in [6, 6.07) is 0.436. The Morgan fingerprint density at radius 1 is 1.22 bits per heavy atom. The molecule has 1 rings (SSSR count). The predicted molar refractivity (Wildman–Crippen MR) is 78.2 cm³/mol. The van der Waals surface area contributed by atoms with Gasteiger partial charge in [0.15, 0.2) is 0 Å². The second-order valence-corrected chi connectivity index (χ2v) is 5.21. The molecule has 0 amide bonds. The topological polar surface area (TPSA) is 29.9 Å². The number of hydrogen-bond acceptors (Lipinski definition) is 2. The van der Waals surface area contributed by atoms with E-state index >= 15 is 0 Å². The highest BCUT2D eigenvalue weighted by molar-refractivity contribution is 5.24. The Morgan fingerprint density at radius 3 is 2.50 bits per heavy atom. The van der Waals surface area contributed by atoms with Crippen molar-refractivity contribution >= 4 is 0 Å². The molecule has 0 bridgehead atoms. The highest BCUT2D eigenvalue weighted by Gasteiger charge is 2.13. The van der Waals surface area contributed by atoms with E-state index in [-0.39, 0.29) is 0 Å². The fraction of sp³-hybridized carbons (Fsp3) is 0.800. The Bertz CT molecular complexity index is 355. The number of hydrogen-bond donors (Lipinski definition) is 1. The number of unbranched alkanes of at least 4 members (excludes halogenated alkanes) is 2. The van der Waals surface area contributed by atoms with Crippen molar-refractivity contribution in [3.05, 3.63) is 17.0 Å². The Labute approximate surface area is 112 Å². The number of nitrogens with one attached hydrogen (secondary N) is 1. The summed E-state index contributed by atoms with van der Waals surface area (Å²) in [6.07, 6.45) is 4.96. The summed E-state index contributed by atoms with van der Waals surface area (Å²) in [5.41, 5.74) is 3.93. The zero-order chi connectivity index (χ0) is 13.5. The van der Waals surface area contributed by atoms with Gasteiger partial charge in [-0.2, -0.15) is 5.10 Å². The van der Waals surface area contributed by atoms with Crippen molar-refractivity contribution in [2.75, 3.05) is 13.1 Å². The maximum atomic E-state index is 4.67. The molecule has 0 saturated heterocycles. The van der Waals surface area contributed by atoms with Gasteiger partial charge in [-0.3, -0.25) is 4.68 Å². The molecule has 104 valence electrons. The monoisotopic (exact) mass is 251 g/mol. The number of rotatable bonds is 8. The lowest BCUT2D eigenvalue weighted by Crippen LogP contribution is -2.25. The van der Waals surface area contributed by atoms with Crippen LogP contribution in [0.5, 0.6) is 0 Å². The van der Waals surface area contributed by atoms with E-state index in [2.05, 4.69) is 49.7 Å². The summed E-state index contributed by atoms with van der Waals surface area (Å²) in [5, 5.41) is 8.20. The van der Waals surface area contributed by atoms with Gasteiger partial charge < -0.3 is 5.32 Å². The highest BCUT2D eigenvalue weighted by atomic mass is 15.3. The van der Waals surface area contributed by atoms with Crippen LogP contribution in [0.2, 0.25) is 0 Å². The average molecular weight is 251 g/mol. The van der Waals surface area contributed by atoms with Crippen LogP contribution >= 0.6 is 0 Å². The molecule has 0 aliphatic carbocycles. The third kappa shape index (κ3) is 3.84. The summed E-state index contributed by atoms with van der Waals surface area (Å²) in [6.45, 7) is 13.1. The van der Waals surface area contributed by atoms with Crippen LogP contribution in [0.25, 0.3) is 0 Å². The van der Waals surface area contributed by atoms with Gasteiger partial charge in [0.05, 0.1) is 11.7 Å². The van der Waals surface area contributed by atoms with Gasteiger partial charge in [0.2, 0.25) is 0 Å². The second-order valence-electron chi connectivity index (χ2n) is 5.21. The van der Waals surface area contributed by atoms with Crippen molar-refractivity contribution in [1.82, 2.24) is 15.1 Å². The normalized spacial score (nSPS) is 12.9. The number of aromatic nitrogens is 2. The minimum absolute atomic E-state index is 0.436. The van der Waals surface area contributed by atoms with Crippen LogP contribution in [0, 0.1) is 13.8 Å². The van der Waals surface area contributed by atoms with Gasteiger partial charge in [-0.15, -0.1) is 0 Å². The molecule has 3 heteroatoms. The first-order valence-corrected chi connectivity index (χ1v) is 7.37. The Hall–Kier alpha value is -0.830. The first kappa shape index (κ1) is 15.2. The van der Waals surface area contributed by atoms with Crippen LogP contribution in [0.1, 0.15) is 63.0 Å². The van der Waals surface area contributed by atoms with Crippen LogP contribution in [-0.2, 0) is 6.42 Å². The van der Waals surface area contributed by atoms with Crippen LogP contribution in [0.3, 0.4) is 0 Å². The standard InChI is InChI=1S/C15H29N3/c1-6-8-9-10-16-11-12(3)18-14(5)15(7-2)13(4)17-18/h12,16H,6-11H2,1-5H3. The predicted octanol–water partition coefficient (Wildman–Crippen LogP) is 3.40. The lowest BCUT2D eigenvalue weighted by molar-refractivity contribution is 0.440. The van der Waals surface area contributed by atoms with Gasteiger partial charge in [-0.05, 0) is 45.7 Å². The largest absolute Gasteiger partial charge is 0.315 e. The summed E-state index contributed by atoms with van der Waals surface area (Å²) < 4.78 is 2.18. The van der Waals surface area contributed by atoms with Crippen LogP contribution in [0.4, 0.5) is 0 Å². The molecule has 3 nitrogen and oxygen atoms in total. The van der Waals surface area contributed by atoms with E-state index in [0.29, 0.717) is 6.04 Å². The van der Waals surface area contributed by atoms with Crippen LogP contribution < -0.4 is 5.32 Å². The first-order valence-electron chi connectivity index (χ1n) is 7.37. The molecule has 0 spiro atoms. The molecule has 1 heterocycles. The maximum Gasteiger partial charge on any atom is 0.0628 e. The van der Waals surface area contributed by atoms with Gasteiger partial charge >= 0.3 is 0 Å². The lowest BCUT2D eigenvalue weighted by atomic mass is 10.1. The van der Waals surface area contributed by atoms with E-state index in [1.54, 1.807) is 0 Å². The van der Waals surface area contributed by atoms with E-state index in [1.165, 1.54) is 36.2 Å². The van der Waals surface area contributed by atoms with Crippen molar-refractivity contribution in [3.63, 3.8) is 0 Å². The van der Waals surface area contributed by atoms with E-state index in [0.717, 1.165) is 19.5 Å². The first-order chi connectivity index (χ1) is 8.61. The zero-order valence-electron chi connectivity index (χ0n) is 12.7. The van der Waals surface area contributed by atoms with Gasteiger partial charge in [0.25, 0.3) is 0 Å². The Morgan fingerprint density at radius 2 is 1.94 bits per heavy atom. The minimum Gasteiger partial charge on any atom is -0.315 e. The fourth-order valence-electron chi connectivity index (χ4n) is 2.54. The molecule has 1 atom stereocenters. The average Bonchev–Trinajstić information content (AvgIpc) is 2.64. The third-order valence-corrected chi connectivity index (χ3v) is 3.64. The molecule has 1 unspecified atom stereocenters. The van der Waals surface area contributed by atoms with Crippen molar-refractivity contribution in [2.45, 2.75) is 66.3 Å². The minimum atomic E-state index is 0.436. The van der Waals surface area contributed by atoms with E-state index in [1.807, 2.05) is 0 Å². The molecule has 0 radical (unpaired) electrons. The summed E-state index contributed by atoms with van der Waals surface area (Å²) in [5.74, 6) is 0. The van der Waals surface area contributed by atoms with Crippen molar-refractivity contribution < 1.29 is 0 Å². The second kappa shape index (κ2) is 7.57. The third-order valence-electron chi connectivity index (χ3n) is 3.64. The highest BCUT2D eigenvalue weighted by Crippen LogP contribution is 2.17. The molecule has 0 aromatic carbocycles. The molecule has 18 heavy (non-hydrogen) atoms. The molecule has 1 aromatic rings. The molecule has 0 fully saturated rings.